The summed E-state index contributed by atoms with van der Waals surface area (Å²) in [4.78, 5) is 25.5. The third kappa shape index (κ3) is 3.97. The second-order valence-electron chi connectivity index (χ2n) is 6.13. The highest BCUT2D eigenvalue weighted by atomic mass is 16.5. The number of carbonyl (C=O) groups is 2. The van der Waals surface area contributed by atoms with E-state index >= 15 is 0 Å². The Hall–Kier alpha value is -3.22. The van der Waals surface area contributed by atoms with Crippen LogP contribution in [0.4, 0.5) is 0 Å². The van der Waals surface area contributed by atoms with E-state index in [0.717, 1.165) is 11.1 Å². The molecule has 1 N–H and O–H groups in total. The third-order valence-electron chi connectivity index (χ3n) is 4.54. The van der Waals surface area contributed by atoms with Gasteiger partial charge in [0.05, 0.1) is 14.2 Å². The number of nitrogens with zero attached hydrogens (tertiary/aromatic N) is 1. The Kier molecular flexibility index (Phi) is 5.49. The summed E-state index contributed by atoms with van der Waals surface area (Å²) in [6.45, 7) is 0.788. The number of fused-ring (bicyclic) bond motifs is 1. The summed E-state index contributed by atoms with van der Waals surface area (Å²) in [5.41, 5.74) is 2.15. The number of ether oxygens (including phenoxy) is 3. The third-order valence-corrected chi connectivity index (χ3v) is 4.54. The van der Waals surface area contributed by atoms with Crippen LogP contribution in [0, 0.1) is 0 Å². The maximum absolute atomic E-state index is 12.5. The van der Waals surface area contributed by atoms with Gasteiger partial charge in [-0.1, -0.05) is 12.1 Å². The Morgan fingerprint density at radius 2 is 1.70 bits per heavy atom. The van der Waals surface area contributed by atoms with Gasteiger partial charge in [-0.15, -0.1) is 0 Å². The number of hydrogen-bond donors (Lipinski definition) is 1. The van der Waals surface area contributed by atoms with Gasteiger partial charge in [0, 0.05) is 13.1 Å². The van der Waals surface area contributed by atoms with Gasteiger partial charge in [0.25, 0.3) is 5.91 Å². The van der Waals surface area contributed by atoms with Crippen LogP contribution >= 0.6 is 0 Å². The quantitative estimate of drug-likeness (QED) is 0.839. The monoisotopic (exact) mass is 371 g/mol. The number of benzene rings is 2. The fourth-order valence-electron chi connectivity index (χ4n) is 3.10. The van der Waals surface area contributed by atoms with E-state index in [2.05, 4.69) is 0 Å². The zero-order valence-corrected chi connectivity index (χ0v) is 15.2. The van der Waals surface area contributed by atoms with Gasteiger partial charge in [-0.05, 0) is 41.8 Å². The van der Waals surface area contributed by atoms with Crippen LogP contribution in [0.1, 0.15) is 21.5 Å². The molecule has 1 amide bonds. The summed E-state index contributed by atoms with van der Waals surface area (Å²) < 4.78 is 16.1. The summed E-state index contributed by atoms with van der Waals surface area (Å²) >= 11 is 0. The molecular weight excluding hydrogens is 350 g/mol. The Balaban J connectivity index is 1.69. The number of rotatable bonds is 6. The molecule has 2 aromatic carbocycles. The molecule has 3 rings (SSSR count). The van der Waals surface area contributed by atoms with Crippen molar-refractivity contribution in [2.24, 2.45) is 0 Å². The van der Waals surface area contributed by atoms with Crippen molar-refractivity contribution in [3.63, 3.8) is 0 Å². The summed E-state index contributed by atoms with van der Waals surface area (Å²) in [5, 5.41) is 9.18. The molecule has 2 aromatic rings. The molecule has 0 unspecified atom stereocenters. The average Bonchev–Trinajstić information content (AvgIpc) is 2.70. The van der Waals surface area contributed by atoms with E-state index in [4.69, 9.17) is 14.2 Å². The highest BCUT2D eigenvalue weighted by Gasteiger charge is 2.23. The molecule has 0 bridgehead atoms. The molecule has 142 valence electrons. The number of hydrogen-bond acceptors (Lipinski definition) is 5. The Labute approximate surface area is 157 Å². The number of carbonyl (C=O) groups excluding carboxylic acids is 1. The van der Waals surface area contributed by atoms with Crippen molar-refractivity contribution in [2.45, 2.75) is 13.0 Å². The highest BCUT2D eigenvalue weighted by Crippen LogP contribution is 2.33. The molecule has 1 aliphatic heterocycles. The predicted octanol–water partition coefficient (Wildman–Crippen LogP) is 2.37. The zero-order valence-electron chi connectivity index (χ0n) is 15.2. The van der Waals surface area contributed by atoms with Crippen LogP contribution in [0.3, 0.4) is 0 Å². The summed E-state index contributed by atoms with van der Waals surface area (Å²) in [6.07, 6.45) is 0.702. The van der Waals surface area contributed by atoms with Gasteiger partial charge >= 0.3 is 5.97 Å². The highest BCUT2D eigenvalue weighted by molar-refractivity contribution is 5.91. The van der Waals surface area contributed by atoms with E-state index in [9.17, 15) is 14.7 Å². The molecule has 0 saturated heterocycles. The number of carboxylic acids is 1. The number of methoxy groups -OCH3 is 2. The van der Waals surface area contributed by atoms with Crippen molar-refractivity contribution in [1.82, 2.24) is 4.90 Å². The standard InChI is InChI=1S/C20H21NO6/c1-25-17-9-13-7-8-21(11-14(13)10-18(17)26-2)19(22)12-27-16-6-4-3-5-15(16)20(23)24/h3-6,9-10H,7-8,11-12H2,1-2H3,(H,23,24). The lowest BCUT2D eigenvalue weighted by molar-refractivity contribution is -0.134. The Bertz CT molecular complexity index is 864. The van der Waals surface area contributed by atoms with Crippen molar-refractivity contribution < 1.29 is 28.9 Å². The molecule has 1 aliphatic rings. The molecule has 0 atom stereocenters. The molecule has 27 heavy (non-hydrogen) atoms. The van der Waals surface area contributed by atoms with Crippen molar-refractivity contribution in [2.75, 3.05) is 27.4 Å². The van der Waals surface area contributed by atoms with Gasteiger partial charge in [0.1, 0.15) is 11.3 Å². The minimum atomic E-state index is -1.09. The molecule has 7 heteroatoms. The normalized spacial score (nSPS) is 12.9. The van der Waals surface area contributed by atoms with Crippen LogP contribution < -0.4 is 14.2 Å². The van der Waals surface area contributed by atoms with Crippen molar-refractivity contribution in [3.8, 4) is 17.2 Å². The first-order valence-corrected chi connectivity index (χ1v) is 8.50. The summed E-state index contributed by atoms with van der Waals surface area (Å²) in [7, 11) is 3.17. The lowest BCUT2D eigenvalue weighted by atomic mass is 9.99. The van der Waals surface area contributed by atoms with Crippen LogP contribution in [0.5, 0.6) is 17.2 Å². The molecular formula is C20H21NO6. The second-order valence-corrected chi connectivity index (χ2v) is 6.13. The molecule has 0 fully saturated rings. The lowest BCUT2D eigenvalue weighted by Gasteiger charge is -2.29. The number of carboxylic acid groups (broad SMARTS) is 1. The van der Waals surface area contributed by atoms with Gasteiger partial charge in [0.15, 0.2) is 18.1 Å². The zero-order chi connectivity index (χ0) is 19.4. The first-order valence-electron chi connectivity index (χ1n) is 8.50. The van der Waals surface area contributed by atoms with Gasteiger partial charge in [-0.2, -0.15) is 0 Å². The molecule has 0 radical (unpaired) electrons. The number of aromatic carboxylic acids is 1. The van der Waals surface area contributed by atoms with Crippen LogP contribution in [0.2, 0.25) is 0 Å². The molecule has 0 saturated carbocycles. The first kappa shape index (κ1) is 18.6. The molecule has 7 nitrogen and oxygen atoms in total. The van der Waals surface area contributed by atoms with Crippen LogP contribution in [0.25, 0.3) is 0 Å². The van der Waals surface area contributed by atoms with E-state index in [1.165, 1.54) is 6.07 Å². The van der Waals surface area contributed by atoms with E-state index in [0.29, 0.717) is 31.0 Å². The maximum atomic E-state index is 12.5. The van der Waals surface area contributed by atoms with E-state index in [1.54, 1.807) is 37.3 Å². The topological polar surface area (TPSA) is 85.3 Å². The van der Waals surface area contributed by atoms with Crippen molar-refractivity contribution in [1.29, 1.82) is 0 Å². The molecule has 1 heterocycles. The maximum Gasteiger partial charge on any atom is 0.339 e. The fourth-order valence-corrected chi connectivity index (χ4v) is 3.10. The minimum Gasteiger partial charge on any atom is -0.493 e. The molecule has 0 aliphatic carbocycles. The van der Waals surface area contributed by atoms with E-state index in [1.807, 2.05) is 12.1 Å². The Morgan fingerprint density at radius 3 is 2.37 bits per heavy atom. The van der Waals surface area contributed by atoms with Crippen LogP contribution in [-0.4, -0.2) is 49.3 Å². The first-order chi connectivity index (χ1) is 13.0. The number of amides is 1. The summed E-state index contributed by atoms with van der Waals surface area (Å²) in [5.74, 6) is 0.186. The summed E-state index contributed by atoms with van der Waals surface area (Å²) in [6, 6.07) is 10.1. The molecule has 0 aromatic heterocycles. The van der Waals surface area contributed by atoms with Gasteiger partial charge < -0.3 is 24.2 Å². The van der Waals surface area contributed by atoms with Crippen molar-refractivity contribution >= 4 is 11.9 Å². The van der Waals surface area contributed by atoms with Crippen molar-refractivity contribution in [3.05, 3.63) is 53.1 Å². The van der Waals surface area contributed by atoms with Crippen LogP contribution in [-0.2, 0) is 17.8 Å². The largest absolute Gasteiger partial charge is 0.493 e. The Morgan fingerprint density at radius 1 is 1.04 bits per heavy atom. The lowest BCUT2D eigenvalue weighted by Crippen LogP contribution is -2.39. The number of para-hydroxylation sites is 1. The van der Waals surface area contributed by atoms with Gasteiger partial charge in [-0.3, -0.25) is 4.79 Å². The van der Waals surface area contributed by atoms with Crippen LogP contribution in [0.15, 0.2) is 36.4 Å². The smallest absolute Gasteiger partial charge is 0.339 e. The predicted molar refractivity (Wildman–Crippen MR) is 97.6 cm³/mol. The van der Waals surface area contributed by atoms with Gasteiger partial charge in [-0.25, -0.2) is 4.79 Å². The van der Waals surface area contributed by atoms with E-state index < -0.39 is 5.97 Å². The van der Waals surface area contributed by atoms with E-state index in [-0.39, 0.29) is 23.8 Å². The van der Waals surface area contributed by atoms with Gasteiger partial charge in [0.2, 0.25) is 0 Å². The molecule has 0 spiro atoms. The fraction of sp³-hybridized carbons (Fsp3) is 0.300. The SMILES string of the molecule is COc1cc2c(cc1OC)CN(C(=O)COc1ccccc1C(=O)O)CC2. The minimum absolute atomic E-state index is 0.0334. The average molecular weight is 371 g/mol. The second kappa shape index (κ2) is 7.99.